The van der Waals surface area contributed by atoms with Crippen LogP contribution in [0.5, 0.6) is 5.75 Å². The topological polar surface area (TPSA) is 41.5 Å². The Morgan fingerprint density at radius 2 is 2.30 bits per heavy atom. The molecule has 1 aromatic carbocycles. The van der Waals surface area contributed by atoms with Crippen LogP contribution in [0.2, 0.25) is 0 Å². The first-order valence-electron chi connectivity index (χ1n) is 7.89. The standard InChI is InChI=1S/C17H25NO2/c1-12(18-11-13-3-2-4-16(19)9-13)14-5-6-17-15(10-14)7-8-20-17/h5-6,10,12-13,16,18-19H,2-4,7-9,11H2,1H3. The maximum absolute atomic E-state index is 9.73. The summed E-state index contributed by atoms with van der Waals surface area (Å²) in [5, 5.41) is 13.4. The van der Waals surface area contributed by atoms with Crippen molar-refractivity contribution in [1.29, 1.82) is 0 Å². The van der Waals surface area contributed by atoms with Gasteiger partial charge in [0.25, 0.3) is 0 Å². The number of fused-ring (bicyclic) bond motifs is 1. The van der Waals surface area contributed by atoms with Gasteiger partial charge in [-0.2, -0.15) is 0 Å². The summed E-state index contributed by atoms with van der Waals surface area (Å²) in [6, 6.07) is 6.90. The summed E-state index contributed by atoms with van der Waals surface area (Å²) in [5.74, 6) is 1.68. The molecule has 1 aliphatic carbocycles. The van der Waals surface area contributed by atoms with E-state index in [1.54, 1.807) is 0 Å². The van der Waals surface area contributed by atoms with Gasteiger partial charge in [0, 0.05) is 12.5 Å². The Labute approximate surface area is 121 Å². The predicted molar refractivity (Wildman–Crippen MR) is 80.0 cm³/mol. The van der Waals surface area contributed by atoms with Crippen LogP contribution in [0.4, 0.5) is 0 Å². The van der Waals surface area contributed by atoms with Gasteiger partial charge >= 0.3 is 0 Å². The first kappa shape index (κ1) is 13.9. The molecule has 20 heavy (non-hydrogen) atoms. The third kappa shape index (κ3) is 3.15. The zero-order chi connectivity index (χ0) is 13.9. The van der Waals surface area contributed by atoms with Crippen molar-refractivity contribution < 1.29 is 9.84 Å². The molecule has 3 rings (SSSR count). The largest absolute Gasteiger partial charge is 0.493 e. The van der Waals surface area contributed by atoms with Crippen LogP contribution in [0.3, 0.4) is 0 Å². The molecule has 1 fully saturated rings. The lowest BCUT2D eigenvalue weighted by Gasteiger charge is -2.27. The average molecular weight is 275 g/mol. The molecule has 0 radical (unpaired) electrons. The Kier molecular flexibility index (Phi) is 4.27. The van der Waals surface area contributed by atoms with E-state index in [9.17, 15) is 5.11 Å². The summed E-state index contributed by atoms with van der Waals surface area (Å²) < 4.78 is 5.55. The molecule has 0 aromatic heterocycles. The number of ether oxygens (including phenoxy) is 1. The molecule has 2 N–H and O–H groups in total. The van der Waals surface area contributed by atoms with E-state index >= 15 is 0 Å². The molecule has 1 heterocycles. The SMILES string of the molecule is CC(NCC1CCCC(O)C1)c1ccc2c(c1)CCO2. The van der Waals surface area contributed by atoms with Crippen molar-refractivity contribution in [1.82, 2.24) is 5.32 Å². The minimum absolute atomic E-state index is 0.0806. The van der Waals surface area contributed by atoms with Crippen molar-refractivity contribution in [3.8, 4) is 5.75 Å². The van der Waals surface area contributed by atoms with E-state index < -0.39 is 0 Å². The van der Waals surface area contributed by atoms with E-state index in [1.165, 1.54) is 17.5 Å². The molecule has 3 heteroatoms. The average Bonchev–Trinajstić information content (AvgIpc) is 2.92. The molecule has 1 aliphatic heterocycles. The van der Waals surface area contributed by atoms with Crippen LogP contribution in [0.25, 0.3) is 0 Å². The third-order valence-corrected chi connectivity index (χ3v) is 4.68. The second kappa shape index (κ2) is 6.15. The van der Waals surface area contributed by atoms with Crippen molar-refractivity contribution in [3.63, 3.8) is 0 Å². The summed E-state index contributed by atoms with van der Waals surface area (Å²) in [6.07, 6.45) is 5.30. The first-order chi connectivity index (χ1) is 9.72. The maximum atomic E-state index is 9.73. The van der Waals surface area contributed by atoms with Crippen molar-refractivity contribution >= 4 is 0 Å². The van der Waals surface area contributed by atoms with Gasteiger partial charge < -0.3 is 15.2 Å². The normalized spacial score (nSPS) is 26.9. The van der Waals surface area contributed by atoms with Crippen LogP contribution in [0, 0.1) is 5.92 Å². The molecule has 0 saturated heterocycles. The lowest BCUT2D eigenvalue weighted by Crippen LogP contribution is -2.30. The molecule has 0 bridgehead atoms. The molecule has 0 amide bonds. The molecule has 3 unspecified atom stereocenters. The van der Waals surface area contributed by atoms with E-state index in [0.29, 0.717) is 12.0 Å². The van der Waals surface area contributed by atoms with Gasteiger partial charge in [-0.15, -0.1) is 0 Å². The Balaban J connectivity index is 1.55. The van der Waals surface area contributed by atoms with E-state index in [1.807, 2.05) is 0 Å². The van der Waals surface area contributed by atoms with E-state index in [-0.39, 0.29) is 6.10 Å². The molecule has 2 aliphatic rings. The molecule has 1 aromatic rings. The number of benzene rings is 1. The molecule has 3 atom stereocenters. The van der Waals surface area contributed by atoms with Crippen molar-refractivity contribution in [3.05, 3.63) is 29.3 Å². The lowest BCUT2D eigenvalue weighted by atomic mass is 9.87. The summed E-state index contributed by atoms with van der Waals surface area (Å²) in [6.45, 7) is 4.04. The fraction of sp³-hybridized carbons (Fsp3) is 0.647. The molecule has 3 nitrogen and oxygen atoms in total. The predicted octanol–water partition coefficient (Wildman–Crippen LogP) is 2.82. The third-order valence-electron chi connectivity index (χ3n) is 4.68. The van der Waals surface area contributed by atoms with Gasteiger partial charge in [0.2, 0.25) is 0 Å². The van der Waals surface area contributed by atoms with E-state index in [2.05, 4.69) is 30.4 Å². The second-order valence-corrected chi connectivity index (χ2v) is 6.28. The molecule has 1 saturated carbocycles. The fourth-order valence-corrected chi connectivity index (χ4v) is 3.39. The number of hydrogen-bond donors (Lipinski definition) is 2. The number of hydrogen-bond acceptors (Lipinski definition) is 3. The van der Waals surface area contributed by atoms with Crippen molar-refractivity contribution in [2.24, 2.45) is 5.92 Å². The van der Waals surface area contributed by atoms with Gasteiger partial charge in [-0.3, -0.25) is 0 Å². The van der Waals surface area contributed by atoms with Gasteiger partial charge in [-0.1, -0.05) is 18.6 Å². The highest BCUT2D eigenvalue weighted by Gasteiger charge is 2.21. The quantitative estimate of drug-likeness (QED) is 0.888. The number of nitrogens with one attached hydrogen (secondary N) is 1. The highest BCUT2D eigenvalue weighted by atomic mass is 16.5. The van der Waals surface area contributed by atoms with Crippen molar-refractivity contribution in [2.75, 3.05) is 13.2 Å². The van der Waals surface area contributed by atoms with E-state index in [4.69, 9.17) is 4.74 Å². The highest BCUT2D eigenvalue weighted by molar-refractivity contribution is 5.40. The van der Waals surface area contributed by atoms with Crippen LogP contribution in [-0.4, -0.2) is 24.4 Å². The minimum Gasteiger partial charge on any atom is -0.493 e. The van der Waals surface area contributed by atoms with Gasteiger partial charge in [0.15, 0.2) is 0 Å². The van der Waals surface area contributed by atoms with Crippen LogP contribution in [0.1, 0.15) is 49.8 Å². The zero-order valence-corrected chi connectivity index (χ0v) is 12.3. The van der Waals surface area contributed by atoms with Crippen LogP contribution >= 0.6 is 0 Å². The Morgan fingerprint density at radius 1 is 1.40 bits per heavy atom. The Morgan fingerprint density at radius 3 is 3.15 bits per heavy atom. The number of aliphatic hydroxyl groups is 1. The molecule has 0 spiro atoms. The van der Waals surface area contributed by atoms with Gasteiger partial charge in [-0.05, 0) is 55.8 Å². The van der Waals surface area contributed by atoms with Gasteiger partial charge in [0.05, 0.1) is 12.7 Å². The second-order valence-electron chi connectivity index (χ2n) is 6.28. The first-order valence-corrected chi connectivity index (χ1v) is 7.89. The number of aliphatic hydroxyl groups excluding tert-OH is 1. The summed E-state index contributed by atoms with van der Waals surface area (Å²) >= 11 is 0. The summed E-state index contributed by atoms with van der Waals surface area (Å²) in [4.78, 5) is 0. The lowest BCUT2D eigenvalue weighted by molar-refractivity contribution is 0.0998. The van der Waals surface area contributed by atoms with Crippen LogP contribution in [-0.2, 0) is 6.42 Å². The van der Waals surface area contributed by atoms with Crippen molar-refractivity contribution in [2.45, 2.75) is 51.2 Å². The maximum Gasteiger partial charge on any atom is 0.122 e. The van der Waals surface area contributed by atoms with Gasteiger partial charge in [-0.25, -0.2) is 0 Å². The summed E-state index contributed by atoms with van der Waals surface area (Å²) in [5.41, 5.74) is 2.68. The van der Waals surface area contributed by atoms with E-state index in [0.717, 1.165) is 44.6 Å². The minimum atomic E-state index is -0.0806. The fourth-order valence-electron chi connectivity index (χ4n) is 3.39. The Bertz CT molecular complexity index is 460. The van der Waals surface area contributed by atoms with Crippen LogP contribution in [0.15, 0.2) is 18.2 Å². The highest BCUT2D eigenvalue weighted by Crippen LogP contribution is 2.29. The molecular formula is C17H25NO2. The Hall–Kier alpha value is -1.06. The van der Waals surface area contributed by atoms with Crippen LogP contribution < -0.4 is 10.1 Å². The molecular weight excluding hydrogens is 250 g/mol. The zero-order valence-electron chi connectivity index (χ0n) is 12.3. The molecule has 110 valence electrons. The van der Waals surface area contributed by atoms with Gasteiger partial charge in [0.1, 0.15) is 5.75 Å². The summed E-state index contributed by atoms with van der Waals surface area (Å²) in [7, 11) is 0. The monoisotopic (exact) mass is 275 g/mol. The number of rotatable bonds is 4. The smallest absolute Gasteiger partial charge is 0.122 e.